The van der Waals surface area contributed by atoms with Crippen LogP contribution in [0.1, 0.15) is 58.3 Å². The Morgan fingerprint density at radius 1 is 1.20 bits per heavy atom. The van der Waals surface area contributed by atoms with E-state index in [9.17, 15) is 0 Å². The molecular formula is C14H25N. The molecule has 1 fully saturated rings. The van der Waals surface area contributed by atoms with E-state index in [2.05, 4.69) is 18.3 Å². The second-order valence-corrected chi connectivity index (χ2v) is 5.24. The molecule has 0 spiro atoms. The third-order valence-corrected chi connectivity index (χ3v) is 4.25. The van der Waals surface area contributed by atoms with Gasteiger partial charge in [0.05, 0.1) is 0 Å². The molecule has 2 rings (SSSR count). The second kappa shape index (κ2) is 5.16. The van der Waals surface area contributed by atoms with Crippen molar-refractivity contribution >= 4 is 0 Å². The van der Waals surface area contributed by atoms with Crippen LogP contribution >= 0.6 is 0 Å². The molecule has 0 saturated heterocycles. The first kappa shape index (κ1) is 11.2. The number of rotatable bonds is 4. The van der Waals surface area contributed by atoms with E-state index in [1.807, 2.05) is 0 Å². The van der Waals surface area contributed by atoms with Crippen LogP contribution in [0, 0.1) is 5.41 Å². The number of hydrogen-bond acceptors (Lipinski definition) is 1. The van der Waals surface area contributed by atoms with Crippen LogP contribution in [0.2, 0.25) is 0 Å². The van der Waals surface area contributed by atoms with Crippen LogP contribution in [0.5, 0.6) is 0 Å². The van der Waals surface area contributed by atoms with Crippen molar-refractivity contribution in [1.29, 1.82) is 0 Å². The molecule has 0 bridgehead atoms. The Bertz CT molecular complexity index is 223. The smallest absolute Gasteiger partial charge is 0.00451 e. The van der Waals surface area contributed by atoms with Crippen molar-refractivity contribution in [1.82, 2.24) is 5.32 Å². The van der Waals surface area contributed by atoms with Crippen LogP contribution in [0.3, 0.4) is 0 Å². The third-order valence-electron chi connectivity index (χ3n) is 4.25. The molecule has 1 saturated carbocycles. The molecule has 0 amide bonds. The van der Waals surface area contributed by atoms with Gasteiger partial charge in [-0.1, -0.05) is 31.4 Å². The number of allylic oxidation sites excluding steroid dienone is 1. The van der Waals surface area contributed by atoms with E-state index < -0.39 is 0 Å². The normalized spacial score (nSPS) is 25.3. The monoisotopic (exact) mass is 207 g/mol. The first-order chi connectivity index (χ1) is 7.37. The average molecular weight is 207 g/mol. The maximum Gasteiger partial charge on any atom is 0.00451 e. The van der Waals surface area contributed by atoms with Gasteiger partial charge in [0, 0.05) is 12.0 Å². The summed E-state index contributed by atoms with van der Waals surface area (Å²) in [5, 5.41) is 3.59. The largest absolute Gasteiger partial charge is 0.316 e. The molecule has 2 aliphatic rings. The molecule has 0 radical (unpaired) electrons. The first-order valence-electron chi connectivity index (χ1n) is 6.78. The van der Waals surface area contributed by atoms with Gasteiger partial charge in [-0.15, -0.1) is 0 Å². The summed E-state index contributed by atoms with van der Waals surface area (Å²) >= 11 is 0. The fraction of sp³-hybridized carbons (Fsp3) is 0.857. The summed E-state index contributed by atoms with van der Waals surface area (Å²) in [4.78, 5) is 0. The van der Waals surface area contributed by atoms with E-state index >= 15 is 0 Å². The van der Waals surface area contributed by atoms with Crippen LogP contribution in [0.25, 0.3) is 0 Å². The molecule has 0 heterocycles. The number of nitrogens with one attached hydrogen (secondary N) is 1. The lowest BCUT2D eigenvalue weighted by molar-refractivity contribution is 0.327. The van der Waals surface area contributed by atoms with Crippen LogP contribution < -0.4 is 5.32 Å². The van der Waals surface area contributed by atoms with Gasteiger partial charge < -0.3 is 5.32 Å². The zero-order chi connectivity index (χ0) is 10.6. The van der Waals surface area contributed by atoms with Gasteiger partial charge in [0.2, 0.25) is 0 Å². The lowest BCUT2D eigenvalue weighted by Crippen LogP contribution is -2.34. The van der Waals surface area contributed by atoms with E-state index in [1.165, 1.54) is 57.9 Å². The van der Waals surface area contributed by atoms with Gasteiger partial charge in [0.15, 0.2) is 0 Å². The van der Waals surface area contributed by atoms with Crippen LogP contribution in [-0.2, 0) is 0 Å². The van der Waals surface area contributed by atoms with E-state index in [-0.39, 0.29) is 0 Å². The molecule has 86 valence electrons. The predicted octanol–water partition coefficient (Wildman–Crippen LogP) is 3.66. The fourth-order valence-electron chi connectivity index (χ4n) is 3.35. The summed E-state index contributed by atoms with van der Waals surface area (Å²) in [6.07, 6.45) is 13.9. The Balaban J connectivity index is 2.06. The lowest BCUT2D eigenvalue weighted by Gasteiger charge is -2.34. The average Bonchev–Trinajstić information content (AvgIpc) is 2.78. The van der Waals surface area contributed by atoms with E-state index in [1.54, 1.807) is 5.57 Å². The van der Waals surface area contributed by atoms with Gasteiger partial charge in [-0.2, -0.15) is 0 Å². The Hall–Kier alpha value is -0.300. The summed E-state index contributed by atoms with van der Waals surface area (Å²) in [6.45, 7) is 4.57. The lowest BCUT2D eigenvalue weighted by atomic mass is 9.74. The van der Waals surface area contributed by atoms with Crippen LogP contribution in [0.15, 0.2) is 11.6 Å². The standard InChI is InChI=1S/C14H25N/c1-2-15-12-14(10-6-7-11-14)13-8-4-3-5-9-13/h8,15H,2-7,9-12H2,1H3. The minimum Gasteiger partial charge on any atom is -0.316 e. The molecule has 1 nitrogen and oxygen atoms in total. The molecule has 0 unspecified atom stereocenters. The first-order valence-corrected chi connectivity index (χ1v) is 6.78. The van der Waals surface area contributed by atoms with Crippen LogP contribution in [0.4, 0.5) is 0 Å². The van der Waals surface area contributed by atoms with E-state index in [0.29, 0.717) is 5.41 Å². The summed E-state index contributed by atoms with van der Waals surface area (Å²) in [7, 11) is 0. The van der Waals surface area contributed by atoms with Gasteiger partial charge in [0.1, 0.15) is 0 Å². The van der Waals surface area contributed by atoms with Gasteiger partial charge in [-0.25, -0.2) is 0 Å². The maximum absolute atomic E-state index is 3.59. The highest BCUT2D eigenvalue weighted by Crippen LogP contribution is 2.46. The van der Waals surface area contributed by atoms with Crippen molar-refractivity contribution in [2.75, 3.05) is 13.1 Å². The highest BCUT2D eigenvalue weighted by molar-refractivity contribution is 5.19. The Kier molecular flexibility index (Phi) is 3.85. The molecule has 2 aliphatic carbocycles. The Morgan fingerprint density at radius 3 is 2.60 bits per heavy atom. The van der Waals surface area contributed by atoms with E-state index in [0.717, 1.165) is 6.54 Å². The highest BCUT2D eigenvalue weighted by atomic mass is 14.9. The SMILES string of the molecule is CCNCC1(C2=CCCCC2)CCCC1. The molecule has 0 aromatic heterocycles. The molecule has 1 heteroatoms. The van der Waals surface area contributed by atoms with Gasteiger partial charge >= 0.3 is 0 Å². The zero-order valence-electron chi connectivity index (χ0n) is 10.1. The highest BCUT2D eigenvalue weighted by Gasteiger charge is 2.36. The third kappa shape index (κ3) is 2.44. The Labute approximate surface area is 94.3 Å². The molecule has 0 aromatic rings. The minimum absolute atomic E-state index is 0.566. The van der Waals surface area contributed by atoms with Crippen LogP contribution in [-0.4, -0.2) is 13.1 Å². The topological polar surface area (TPSA) is 12.0 Å². The molecule has 0 aliphatic heterocycles. The predicted molar refractivity (Wildman–Crippen MR) is 66.0 cm³/mol. The quantitative estimate of drug-likeness (QED) is 0.694. The van der Waals surface area contributed by atoms with Crippen molar-refractivity contribution in [3.8, 4) is 0 Å². The summed E-state index contributed by atoms with van der Waals surface area (Å²) in [5.41, 5.74) is 2.36. The molecule has 15 heavy (non-hydrogen) atoms. The Morgan fingerprint density at radius 2 is 2.00 bits per heavy atom. The van der Waals surface area contributed by atoms with Gasteiger partial charge in [-0.3, -0.25) is 0 Å². The van der Waals surface area contributed by atoms with Crippen molar-refractivity contribution in [3.63, 3.8) is 0 Å². The maximum atomic E-state index is 3.59. The fourth-order valence-corrected chi connectivity index (χ4v) is 3.35. The number of hydrogen-bond donors (Lipinski definition) is 1. The minimum atomic E-state index is 0.566. The molecule has 0 atom stereocenters. The molecular weight excluding hydrogens is 182 g/mol. The summed E-state index contributed by atoms with van der Waals surface area (Å²) in [5.74, 6) is 0. The molecule has 1 N–H and O–H groups in total. The summed E-state index contributed by atoms with van der Waals surface area (Å²) in [6, 6.07) is 0. The van der Waals surface area contributed by atoms with Crippen molar-refractivity contribution in [3.05, 3.63) is 11.6 Å². The van der Waals surface area contributed by atoms with Gasteiger partial charge in [0.25, 0.3) is 0 Å². The second-order valence-electron chi connectivity index (χ2n) is 5.24. The van der Waals surface area contributed by atoms with Crippen molar-refractivity contribution in [2.45, 2.75) is 58.3 Å². The summed E-state index contributed by atoms with van der Waals surface area (Å²) < 4.78 is 0. The van der Waals surface area contributed by atoms with Gasteiger partial charge in [-0.05, 0) is 45.1 Å². The van der Waals surface area contributed by atoms with E-state index in [4.69, 9.17) is 0 Å². The van der Waals surface area contributed by atoms with Crippen molar-refractivity contribution < 1.29 is 0 Å². The zero-order valence-corrected chi connectivity index (χ0v) is 10.1. The molecule has 0 aromatic carbocycles. The van der Waals surface area contributed by atoms with Crippen molar-refractivity contribution in [2.24, 2.45) is 5.41 Å².